The molecule has 2 amide bonds. The van der Waals surface area contributed by atoms with Gasteiger partial charge in [0.15, 0.2) is 5.11 Å². The highest BCUT2D eigenvalue weighted by molar-refractivity contribution is 7.80. The summed E-state index contributed by atoms with van der Waals surface area (Å²) in [5.74, 6) is 0.0916. The molecule has 27 heavy (non-hydrogen) atoms. The van der Waals surface area contributed by atoms with Gasteiger partial charge in [-0.3, -0.25) is 14.9 Å². The Bertz CT molecular complexity index is 817. The van der Waals surface area contributed by atoms with Crippen molar-refractivity contribution in [2.24, 2.45) is 0 Å². The van der Waals surface area contributed by atoms with Crippen LogP contribution in [0.15, 0.2) is 48.5 Å². The summed E-state index contributed by atoms with van der Waals surface area (Å²) in [7, 11) is 1.50. The monoisotopic (exact) mass is 385 g/mol. The zero-order valence-corrected chi connectivity index (χ0v) is 16.4. The van der Waals surface area contributed by atoms with Crippen molar-refractivity contribution in [3.63, 3.8) is 0 Å². The summed E-state index contributed by atoms with van der Waals surface area (Å²) in [6, 6.07) is 13.9. The molecular weight excluding hydrogens is 362 g/mol. The second-order valence-corrected chi connectivity index (χ2v) is 6.07. The Balaban J connectivity index is 2.00. The first-order chi connectivity index (χ1) is 13.0. The van der Waals surface area contributed by atoms with Crippen molar-refractivity contribution in [2.75, 3.05) is 25.5 Å². The fourth-order valence-corrected chi connectivity index (χ4v) is 2.77. The minimum atomic E-state index is -0.363. The smallest absolute Gasteiger partial charge is 0.261 e. The number of benzene rings is 2. The molecule has 0 spiro atoms. The fourth-order valence-electron chi connectivity index (χ4n) is 2.55. The van der Waals surface area contributed by atoms with Gasteiger partial charge in [0.2, 0.25) is 0 Å². The lowest BCUT2D eigenvalue weighted by atomic mass is 10.1. The van der Waals surface area contributed by atoms with Gasteiger partial charge in [0.25, 0.3) is 11.8 Å². The van der Waals surface area contributed by atoms with Gasteiger partial charge in [-0.2, -0.15) is 0 Å². The molecular formula is C20H23N3O3S. The SMILES string of the molecule is CCN(CC)C(=O)c1ccc(NC(=S)NC(=O)c2ccccc2OC)cc1. The summed E-state index contributed by atoms with van der Waals surface area (Å²) >= 11 is 5.20. The minimum absolute atomic E-state index is 0.0152. The second-order valence-electron chi connectivity index (χ2n) is 5.66. The van der Waals surface area contributed by atoms with E-state index in [-0.39, 0.29) is 16.9 Å². The maximum absolute atomic E-state index is 12.3. The van der Waals surface area contributed by atoms with Crippen LogP contribution in [0.1, 0.15) is 34.6 Å². The van der Waals surface area contributed by atoms with Gasteiger partial charge in [-0.25, -0.2) is 0 Å². The molecule has 6 nitrogen and oxygen atoms in total. The molecule has 0 saturated carbocycles. The number of methoxy groups -OCH3 is 1. The molecule has 0 unspecified atom stereocenters. The lowest BCUT2D eigenvalue weighted by molar-refractivity contribution is 0.0772. The Morgan fingerprint density at radius 3 is 2.26 bits per heavy atom. The molecule has 2 aromatic carbocycles. The molecule has 0 fully saturated rings. The predicted molar refractivity (Wildman–Crippen MR) is 110 cm³/mol. The Hall–Kier alpha value is -2.93. The van der Waals surface area contributed by atoms with Crippen LogP contribution >= 0.6 is 12.2 Å². The summed E-state index contributed by atoms with van der Waals surface area (Å²) in [6.45, 7) is 5.21. The third-order valence-corrected chi connectivity index (χ3v) is 4.22. The van der Waals surface area contributed by atoms with E-state index < -0.39 is 0 Å². The molecule has 0 radical (unpaired) electrons. The number of thiocarbonyl (C=S) groups is 1. The number of hydrogen-bond acceptors (Lipinski definition) is 4. The molecule has 7 heteroatoms. The van der Waals surface area contributed by atoms with E-state index in [0.717, 1.165) is 0 Å². The van der Waals surface area contributed by atoms with Crippen molar-refractivity contribution in [1.29, 1.82) is 0 Å². The van der Waals surface area contributed by atoms with Crippen LogP contribution in [0.2, 0.25) is 0 Å². The molecule has 0 aliphatic heterocycles. The van der Waals surface area contributed by atoms with Gasteiger partial charge < -0.3 is 15.0 Å². The molecule has 0 aliphatic rings. The van der Waals surface area contributed by atoms with Crippen molar-refractivity contribution < 1.29 is 14.3 Å². The van der Waals surface area contributed by atoms with E-state index >= 15 is 0 Å². The molecule has 0 aliphatic carbocycles. The number of ether oxygens (including phenoxy) is 1. The summed E-state index contributed by atoms with van der Waals surface area (Å²) in [5.41, 5.74) is 1.67. The molecule has 0 atom stereocenters. The number of anilines is 1. The van der Waals surface area contributed by atoms with Crippen LogP contribution in [0.4, 0.5) is 5.69 Å². The van der Waals surface area contributed by atoms with Gasteiger partial charge in [0.1, 0.15) is 5.75 Å². The molecule has 0 saturated heterocycles. The van der Waals surface area contributed by atoms with E-state index in [1.54, 1.807) is 53.4 Å². The van der Waals surface area contributed by atoms with Crippen molar-refractivity contribution in [1.82, 2.24) is 10.2 Å². The summed E-state index contributed by atoms with van der Waals surface area (Å²) in [5, 5.41) is 5.72. The Morgan fingerprint density at radius 2 is 1.67 bits per heavy atom. The van der Waals surface area contributed by atoms with Gasteiger partial charge in [0, 0.05) is 24.3 Å². The topological polar surface area (TPSA) is 70.7 Å². The van der Waals surface area contributed by atoms with Gasteiger partial charge in [-0.15, -0.1) is 0 Å². The highest BCUT2D eigenvalue weighted by Gasteiger charge is 2.14. The summed E-state index contributed by atoms with van der Waals surface area (Å²) in [4.78, 5) is 26.4. The quantitative estimate of drug-likeness (QED) is 0.747. The second kappa shape index (κ2) is 9.68. The number of hydrogen-bond donors (Lipinski definition) is 2. The maximum Gasteiger partial charge on any atom is 0.261 e. The number of carbonyl (C=O) groups is 2. The average molecular weight is 385 g/mol. The number of amides is 2. The Morgan fingerprint density at radius 1 is 1.04 bits per heavy atom. The van der Waals surface area contributed by atoms with Crippen LogP contribution in [0.25, 0.3) is 0 Å². The lowest BCUT2D eigenvalue weighted by Crippen LogP contribution is -2.34. The van der Waals surface area contributed by atoms with E-state index in [4.69, 9.17) is 17.0 Å². The highest BCUT2D eigenvalue weighted by Crippen LogP contribution is 2.17. The number of carbonyl (C=O) groups excluding carboxylic acids is 2. The van der Waals surface area contributed by atoms with Crippen molar-refractivity contribution in [2.45, 2.75) is 13.8 Å². The number of para-hydroxylation sites is 1. The standard InChI is InChI=1S/C20H23N3O3S/c1-4-23(5-2)19(25)14-10-12-15(13-11-14)21-20(27)22-18(24)16-8-6-7-9-17(16)26-3/h6-13H,4-5H2,1-3H3,(H2,21,22,24,27). The normalized spacial score (nSPS) is 10.0. The molecule has 0 heterocycles. The third-order valence-electron chi connectivity index (χ3n) is 4.02. The number of rotatable bonds is 6. The minimum Gasteiger partial charge on any atom is -0.496 e. The molecule has 142 valence electrons. The van der Waals surface area contributed by atoms with Gasteiger partial charge in [0.05, 0.1) is 12.7 Å². The Labute approximate surface area is 164 Å². The van der Waals surface area contributed by atoms with Crippen molar-refractivity contribution >= 4 is 34.8 Å². The van der Waals surface area contributed by atoms with Crippen LogP contribution < -0.4 is 15.4 Å². The first-order valence-corrected chi connectivity index (χ1v) is 9.05. The number of nitrogens with one attached hydrogen (secondary N) is 2. The van der Waals surface area contributed by atoms with Crippen LogP contribution in [0.5, 0.6) is 5.75 Å². The largest absolute Gasteiger partial charge is 0.496 e. The van der Waals surface area contributed by atoms with Gasteiger partial charge in [-0.05, 0) is 62.5 Å². The zero-order chi connectivity index (χ0) is 19.8. The van der Waals surface area contributed by atoms with Gasteiger partial charge >= 0.3 is 0 Å². The van der Waals surface area contributed by atoms with Crippen molar-refractivity contribution in [3.8, 4) is 5.75 Å². The van der Waals surface area contributed by atoms with Crippen LogP contribution in [-0.4, -0.2) is 42.0 Å². The van der Waals surface area contributed by atoms with E-state index in [2.05, 4.69) is 10.6 Å². The van der Waals surface area contributed by atoms with Gasteiger partial charge in [-0.1, -0.05) is 12.1 Å². The summed E-state index contributed by atoms with van der Waals surface area (Å²) in [6.07, 6.45) is 0. The molecule has 2 aromatic rings. The lowest BCUT2D eigenvalue weighted by Gasteiger charge is -2.18. The maximum atomic E-state index is 12.3. The fraction of sp³-hybridized carbons (Fsp3) is 0.250. The van der Waals surface area contributed by atoms with E-state index in [1.165, 1.54) is 7.11 Å². The van der Waals surface area contributed by atoms with Crippen LogP contribution in [-0.2, 0) is 0 Å². The first kappa shape index (κ1) is 20.4. The highest BCUT2D eigenvalue weighted by atomic mass is 32.1. The molecule has 0 aromatic heterocycles. The van der Waals surface area contributed by atoms with Crippen LogP contribution in [0.3, 0.4) is 0 Å². The average Bonchev–Trinajstić information content (AvgIpc) is 2.69. The molecule has 2 N–H and O–H groups in total. The first-order valence-electron chi connectivity index (χ1n) is 8.64. The third kappa shape index (κ3) is 5.27. The molecule has 2 rings (SSSR count). The Kier molecular flexibility index (Phi) is 7.31. The predicted octanol–water partition coefficient (Wildman–Crippen LogP) is 3.30. The van der Waals surface area contributed by atoms with Crippen LogP contribution in [0, 0.1) is 0 Å². The van der Waals surface area contributed by atoms with Crippen molar-refractivity contribution in [3.05, 3.63) is 59.7 Å². The zero-order valence-electron chi connectivity index (χ0n) is 15.6. The molecule has 0 bridgehead atoms. The van der Waals surface area contributed by atoms with E-state index in [0.29, 0.717) is 35.7 Å². The summed E-state index contributed by atoms with van der Waals surface area (Å²) < 4.78 is 5.18. The number of nitrogens with zero attached hydrogens (tertiary/aromatic N) is 1. The van der Waals surface area contributed by atoms with E-state index in [9.17, 15) is 9.59 Å². The van der Waals surface area contributed by atoms with E-state index in [1.807, 2.05) is 13.8 Å².